The average molecular weight is 204 g/mol. The van der Waals surface area contributed by atoms with Crippen LogP contribution < -0.4 is 11.2 Å². The maximum absolute atomic E-state index is 12.4. The number of alkyl halides is 2. The van der Waals surface area contributed by atoms with E-state index in [1.54, 1.807) is 0 Å². The number of aromatic nitrogens is 1. The Morgan fingerprint density at radius 2 is 2.21 bits per heavy atom. The summed E-state index contributed by atoms with van der Waals surface area (Å²) in [7, 11) is 0. The fraction of sp³-hybridized carbons (Fsp3) is 0.375. The van der Waals surface area contributed by atoms with Crippen molar-refractivity contribution in [2.75, 3.05) is 0 Å². The highest BCUT2D eigenvalue weighted by Gasteiger charge is 2.16. The predicted octanol–water partition coefficient (Wildman–Crippen LogP) is 0.264. The molecule has 0 fully saturated rings. The lowest BCUT2D eigenvalue weighted by Gasteiger charge is -2.08. The lowest BCUT2D eigenvalue weighted by molar-refractivity contribution is 0.143. The molecule has 0 aliphatic carbocycles. The van der Waals surface area contributed by atoms with Gasteiger partial charge in [-0.3, -0.25) is 4.79 Å². The molecule has 1 aromatic heterocycles. The zero-order valence-electron chi connectivity index (χ0n) is 7.26. The summed E-state index contributed by atoms with van der Waals surface area (Å²) >= 11 is 0. The highest BCUT2D eigenvalue weighted by atomic mass is 19.3. The summed E-state index contributed by atoms with van der Waals surface area (Å²) in [6.07, 6.45) is -2.80. The second-order valence-electron chi connectivity index (χ2n) is 2.71. The van der Waals surface area contributed by atoms with E-state index in [0.29, 0.717) is 0 Å². The fourth-order valence-electron chi connectivity index (χ4n) is 1.14. The van der Waals surface area contributed by atoms with E-state index in [4.69, 9.17) is 10.8 Å². The zero-order chi connectivity index (χ0) is 10.7. The lowest BCUT2D eigenvalue weighted by atomic mass is 10.1. The molecule has 14 heavy (non-hydrogen) atoms. The van der Waals surface area contributed by atoms with E-state index < -0.39 is 24.2 Å². The van der Waals surface area contributed by atoms with Gasteiger partial charge in [0.2, 0.25) is 0 Å². The largest absolute Gasteiger partial charge is 0.390 e. The number of aliphatic hydroxyl groups is 1. The van der Waals surface area contributed by atoms with Crippen LogP contribution in [0.25, 0.3) is 0 Å². The van der Waals surface area contributed by atoms with Gasteiger partial charge in [0.25, 0.3) is 6.43 Å². The lowest BCUT2D eigenvalue weighted by Crippen LogP contribution is -2.19. The third-order valence-electron chi connectivity index (χ3n) is 1.82. The van der Waals surface area contributed by atoms with Crippen molar-refractivity contribution in [3.63, 3.8) is 0 Å². The van der Waals surface area contributed by atoms with Gasteiger partial charge in [-0.05, 0) is 0 Å². The van der Waals surface area contributed by atoms with E-state index >= 15 is 0 Å². The van der Waals surface area contributed by atoms with Crippen molar-refractivity contribution < 1.29 is 13.9 Å². The molecule has 0 aliphatic heterocycles. The van der Waals surface area contributed by atoms with E-state index in [1.165, 1.54) is 0 Å². The monoisotopic (exact) mass is 204 g/mol. The number of halogens is 2. The van der Waals surface area contributed by atoms with Gasteiger partial charge in [0, 0.05) is 23.9 Å². The molecule has 0 aliphatic rings. The Labute approximate surface area is 78.4 Å². The van der Waals surface area contributed by atoms with Gasteiger partial charge in [0.05, 0.1) is 12.3 Å². The van der Waals surface area contributed by atoms with Gasteiger partial charge in [-0.15, -0.1) is 0 Å². The van der Waals surface area contributed by atoms with Gasteiger partial charge in [0.1, 0.15) is 0 Å². The van der Waals surface area contributed by atoms with Crippen molar-refractivity contribution in [2.24, 2.45) is 5.73 Å². The van der Waals surface area contributed by atoms with Crippen LogP contribution >= 0.6 is 0 Å². The maximum Gasteiger partial charge on any atom is 0.278 e. The summed E-state index contributed by atoms with van der Waals surface area (Å²) in [5, 5.41) is 8.69. The summed E-state index contributed by atoms with van der Waals surface area (Å²) in [4.78, 5) is 13.5. The van der Waals surface area contributed by atoms with E-state index in [2.05, 4.69) is 4.98 Å². The van der Waals surface area contributed by atoms with Crippen molar-refractivity contribution >= 4 is 0 Å². The van der Waals surface area contributed by atoms with Crippen molar-refractivity contribution in [3.05, 3.63) is 33.2 Å². The second kappa shape index (κ2) is 4.30. The summed E-state index contributed by atoms with van der Waals surface area (Å²) in [5.74, 6) is 0. The first-order valence-electron chi connectivity index (χ1n) is 3.94. The molecule has 4 N–H and O–H groups in total. The van der Waals surface area contributed by atoms with Gasteiger partial charge in [0.15, 0.2) is 5.43 Å². The second-order valence-corrected chi connectivity index (χ2v) is 2.71. The molecule has 78 valence electrons. The standard InChI is InChI=1S/C8H10F2N2O2/c9-8(10)7-5(2-11)6(14)1-4(3-13)12-7/h1,8,13H,2-3,11H2,(H,12,14). The Morgan fingerprint density at radius 1 is 1.57 bits per heavy atom. The number of pyridine rings is 1. The number of H-pyrrole nitrogens is 1. The minimum absolute atomic E-state index is 0.0579. The molecule has 0 radical (unpaired) electrons. The van der Waals surface area contributed by atoms with Crippen molar-refractivity contribution in [1.29, 1.82) is 0 Å². The van der Waals surface area contributed by atoms with Gasteiger partial charge < -0.3 is 15.8 Å². The molecule has 0 saturated heterocycles. The normalized spacial score (nSPS) is 10.9. The third kappa shape index (κ3) is 1.97. The Kier molecular flexibility index (Phi) is 3.32. The Bertz CT molecular complexity index is 376. The molecule has 0 bridgehead atoms. The SMILES string of the molecule is NCc1c(C(F)F)[nH]c(CO)cc1=O. The summed E-state index contributed by atoms with van der Waals surface area (Å²) in [5.41, 5.74) is 3.99. The van der Waals surface area contributed by atoms with Crippen LogP contribution in [0.2, 0.25) is 0 Å². The molecule has 0 saturated carbocycles. The van der Waals surface area contributed by atoms with Gasteiger partial charge in [-0.2, -0.15) is 0 Å². The Morgan fingerprint density at radius 3 is 2.64 bits per heavy atom. The summed E-state index contributed by atoms with van der Waals surface area (Å²) in [6.45, 7) is -0.736. The number of nitrogens with two attached hydrogens (primary N) is 1. The molecule has 0 atom stereocenters. The minimum atomic E-state index is -2.80. The van der Waals surface area contributed by atoms with E-state index in [9.17, 15) is 13.6 Å². The summed E-state index contributed by atoms with van der Waals surface area (Å²) < 4.78 is 24.8. The Hall–Kier alpha value is -1.27. The number of hydrogen-bond acceptors (Lipinski definition) is 3. The third-order valence-corrected chi connectivity index (χ3v) is 1.82. The number of nitrogens with one attached hydrogen (secondary N) is 1. The van der Waals surface area contributed by atoms with Crippen molar-refractivity contribution in [2.45, 2.75) is 19.6 Å². The van der Waals surface area contributed by atoms with Gasteiger partial charge >= 0.3 is 0 Å². The number of aliphatic hydroxyl groups excluding tert-OH is 1. The fourth-order valence-corrected chi connectivity index (χ4v) is 1.14. The smallest absolute Gasteiger partial charge is 0.278 e. The molecule has 0 aromatic carbocycles. The molecule has 1 rings (SSSR count). The molecule has 0 amide bonds. The number of hydrogen-bond donors (Lipinski definition) is 3. The van der Waals surface area contributed by atoms with Crippen LogP contribution in [0.15, 0.2) is 10.9 Å². The average Bonchev–Trinajstić information content (AvgIpc) is 2.16. The first kappa shape index (κ1) is 10.8. The Balaban J connectivity index is 3.36. The minimum Gasteiger partial charge on any atom is -0.390 e. The van der Waals surface area contributed by atoms with Crippen LogP contribution in [0.1, 0.15) is 23.4 Å². The van der Waals surface area contributed by atoms with Crippen molar-refractivity contribution in [3.8, 4) is 0 Å². The predicted molar refractivity (Wildman–Crippen MR) is 45.8 cm³/mol. The molecular weight excluding hydrogens is 194 g/mol. The molecular formula is C8H10F2N2O2. The highest BCUT2D eigenvalue weighted by molar-refractivity contribution is 5.24. The maximum atomic E-state index is 12.4. The molecule has 1 heterocycles. The van der Waals surface area contributed by atoms with Crippen LogP contribution in [0, 0.1) is 0 Å². The molecule has 6 heteroatoms. The first-order valence-corrected chi connectivity index (χ1v) is 3.94. The van der Waals surface area contributed by atoms with Crippen LogP contribution in [0.4, 0.5) is 8.78 Å². The number of rotatable bonds is 3. The molecule has 4 nitrogen and oxygen atoms in total. The van der Waals surface area contributed by atoms with Gasteiger partial charge in [-0.25, -0.2) is 8.78 Å². The van der Waals surface area contributed by atoms with Crippen LogP contribution in [-0.2, 0) is 13.2 Å². The van der Waals surface area contributed by atoms with Crippen LogP contribution in [0.3, 0.4) is 0 Å². The molecule has 0 spiro atoms. The van der Waals surface area contributed by atoms with Crippen molar-refractivity contribution in [1.82, 2.24) is 4.98 Å². The topological polar surface area (TPSA) is 79.1 Å². The highest BCUT2D eigenvalue weighted by Crippen LogP contribution is 2.18. The van der Waals surface area contributed by atoms with Crippen LogP contribution in [-0.4, -0.2) is 10.1 Å². The van der Waals surface area contributed by atoms with E-state index in [1.807, 2.05) is 0 Å². The zero-order valence-corrected chi connectivity index (χ0v) is 7.26. The molecule has 1 aromatic rings. The quantitative estimate of drug-likeness (QED) is 0.660. The van der Waals surface area contributed by atoms with E-state index in [-0.39, 0.29) is 17.8 Å². The molecule has 0 unspecified atom stereocenters. The van der Waals surface area contributed by atoms with Gasteiger partial charge in [-0.1, -0.05) is 0 Å². The van der Waals surface area contributed by atoms with Crippen LogP contribution in [0.5, 0.6) is 0 Å². The first-order chi connectivity index (χ1) is 6.60. The summed E-state index contributed by atoms with van der Waals surface area (Å²) in [6, 6.07) is 1.06. The number of aromatic amines is 1. The van der Waals surface area contributed by atoms with E-state index in [0.717, 1.165) is 6.07 Å².